The van der Waals surface area contributed by atoms with E-state index in [0.717, 1.165) is 11.1 Å². The standard InChI is InChI=1S/C62H69NO16/c1-36(64)27-28-43-25-18-26-45(72-8)53(43)77-49(68)29-30-50(69)78-56(52(42-23-16-11-17-24-42)63-33-40-19-12-9-13-20-40)59(71)76-46-31-44-54(73-34-41-21-14-10-15-22-41)57-61(7,47(67)32-48-62(57,35-74-48)79-39(4)66)58(70)55(75-38(3)65)51(37(46)2)60(44,5)6/h9-28,44,46-48,52,54-57,63,67H,29-35H2,1-8H3/b28-27-/t44?,46-,47-,48+,52-,54+,55+,56+,57-,61+,62-/m0/s1. The molecule has 0 amide bonds. The molecule has 79 heavy (non-hydrogen) atoms. The Balaban J connectivity index is 1.19. The molecule has 17 nitrogen and oxygen atoms in total. The number of benzene rings is 4. The summed E-state index contributed by atoms with van der Waals surface area (Å²) in [5.41, 5.74) is -1.03. The molecule has 3 aliphatic carbocycles. The molecule has 1 aliphatic heterocycles. The van der Waals surface area contributed by atoms with E-state index in [2.05, 4.69) is 5.32 Å². The molecule has 0 spiro atoms. The molecule has 2 N–H and O–H groups in total. The molecule has 4 aromatic rings. The van der Waals surface area contributed by atoms with Crippen molar-refractivity contribution in [3.05, 3.63) is 149 Å². The number of carbonyl (C=O) groups excluding carboxylic acids is 7. The van der Waals surface area contributed by atoms with Crippen molar-refractivity contribution in [2.75, 3.05) is 13.7 Å². The first-order valence-electron chi connectivity index (χ1n) is 26.6. The molecule has 0 aromatic heterocycles. The summed E-state index contributed by atoms with van der Waals surface area (Å²) in [4.78, 5) is 97.3. The summed E-state index contributed by atoms with van der Waals surface area (Å²) in [6.45, 7) is 11.1. The molecule has 2 bridgehead atoms. The Hall–Kier alpha value is -7.31. The molecule has 4 aromatic carbocycles. The van der Waals surface area contributed by atoms with E-state index in [0.29, 0.717) is 22.3 Å². The van der Waals surface area contributed by atoms with Crippen molar-refractivity contribution in [1.82, 2.24) is 5.32 Å². The lowest BCUT2D eigenvalue weighted by Gasteiger charge is -2.66. The normalized spacial score (nSPS) is 26.6. The van der Waals surface area contributed by atoms with E-state index < -0.39 is 119 Å². The van der Waals surface area contributed by atoms with Gasteiger partial charge in [-0.05, 0) is 84.6 Å². The summed E-state index contributed by atoms with van der Waals surface area (Å²) in [5, 5.41) is 15.7. The maximum atomic E-state index is 15.8. The summed E-state index contributed by atoms with van der Waals surface area (Å²) < 4.78 is 49.5. The second-order valence-corrected chi connectivity index (χ2v) is 21.5. The van der Waals surface area contributed by atoms with Gasteiger partial charge < -0.3 is 48.3 Å². The number of aliphatic hydroxyl groups is 1. The molecule has 2 saturated carbocycles. The Morgan fingerprint density at radius 2 is 1.44 bits per heavy atom. The molecule has 1 heterocycles. The first kappa shape index (κ1) is 57.9. The number of rotatable bonds is 20. The van der Waals surface area contributed by atoms with Gasteiger partial charge in [-0.15, -0.1) is 0 Å². The van der Waals surface area contributed by atoms with Crippen LogP contribution >= 0.6 is 0 Å². The third-order valence-corrected chi connectivity index (χ3v) is 16.1. The van der Waals surface area contributed by atoms with Gasteiger partial charge in [-0.3, -0.25) is 28.8 Å². The van der Waals surface area contributed by atoms with Crippen molar-refractivity contribution >= 4 is 47.5 Å². The second-order valence-electron chi connectivity index (χ2n) is 21.5. The Morgan fingerprint density at radius 3 is 2.05 bits per heavy atom. The zero-order valence-electron chi connectivity index (χ0n) is 45.8. The summed E-state index contributed by atoms with van der Waals surface area (Å²) >= 11 is 0. The minimum absolute atomic E-state index is 0.0286. The molecule has 418 valence electrons. The lowest BCUT2D eigenvalue weighted by molar-refractivity contribution is -0.339. The largest absolute Gasteiger partial charge is 0.493 e. The number of carbonyl (C=O) groups is 7. The summed E-state index contributed by atoms with van der Waals surface area (Å²) in [6.07, 6.45) is -6.00. The minimum Gasteiger partial charge on any atom is -0.493 e. The van der Waals surface area contributed by atoms with Gasteiger partial charge in [0.15, 0.2) is 34.8 Å². The number of aliphatic hydroxyl groups excluding tert-OH is 1. The van der Waals surface area contributed by atoms with Gasteiger partial charge in [0, 0.05) is 38.3 Å². The summed E-state index contributed by atoms with van der Waals surface area (Å²) in [6, 6.07) is 31.4. The number of fused-ring (bicyclic) bond motifs is 5. The molecule has 4 aliphatic rings. The van der Waals surface area contributed by atoms with E-state index in [1.807, 2.05) is 74.5 Å². The minimum atomic E-state index is -1.76. The van der Waals surface area contributed by atoms with Gasteiger partial charge in [0.2, 0.25) is 6.10 Å². The molecule has 1 saturated heterocycles. The Morgan fingerprint density at radius 1 is 0.797 bits per heavy atom. The number of ether oxygens (including phenoxy) is 8. The quantitative estimate of drug-likeness (QED) is 0.0282. The van der Waals surface area contributed by atoms with Gasteiger partial charge in [-0.2, -0.15) is 0 Å². The monoisotopic (exact) mass is 1080 g/mol. The number of esters is 5. The molecule has 17 heteroatoms. The number of nitrogens with one attached hydrogen (secondary N) is 1. The predicted octanol–water partition coefficient (Wildman–Crippen LogP) is 7.89. The molecule has 1 unspecified atom stereocenters. The lowest BCUT2D eigenvalue weighted by Crippen LogP contribution is -2.79. The van der Waals surface area contributed by atoms with Crippen LogP contribution in [0, 0.1) is 22.7 Å². The number of hydrogen-bond donors (Lipinski definition) is 2. The van der Waals surface area contributed by atoms with Gasteiger partial charge >= 0.3 is 29.8 Å². The fraction of sp³-hybridized carbons (Fsp3) is 0.435. The molecule has 0 radical (unpaired) electrons. The Bertz CT molecular complexity index is 2970. The molecular formula is C62H69NO16. The number of allylic oxidation sites excluding steroid dienone is 1. The Labute approximate surface area is 459 Å². The topological polar surface area (TPSA) is 226 Å². The predicted molar refractivity (Wildman–Crippen MR) is 286 cm³/mol. The van der Waals surface area contributed by atoms with Crippen LogP contribution in [0.2, 0.25) is 0 Å². The average molecular weight is 1080 g/mol. The van der Waals surface area contributed by atoms with Gasteiger partial charge in [0.25, 0.3) is 0 Å². The Kier molecular flexibility index (Phi) is 17.8. The van der Waals surface area contributed by atoms with Crippen molar-refractivity contribution < 1.29 is 76.6 Å². The highest BCUT2D eigenvalue weighted by Gasteiger charge is 2.75. The van der Waals surface area contributed by atoms with Gasteiger partial charge in [-0.25, -0.2) is 4.79 Å². The van der Waals surface area contributed by atoms with Crippen LogP contribution in [0.15, 0.2) is 126 Å². The molecule has 8 rings (SSSR count). The maximum Gasteiger partial charge on any atom is 0.350 e. The maximum absolute atomic E-state index is 15.8. The van der Waals surface area contributed by atoms with Gasteiger partial charge in [0.1, 0.15) is 12.2 Å². The van der Waals surface area contributed by atoms with Crippen molar-refractivity contribution in [3.8, 4) is 11.5 Å². The molecular weight excluding hydrogens is 1010 g/mol. The highest BCUT2D eigenvalue weighted by atomic mass is 16.6. The average Bonchev–Trinajstić information content (AvgIpc) is 2.58. The summed E-state index contributed by atoms with van der Waals surface area (Å²) in [5.74, 6) is -6.66. The number of hydrogen-bond acceptors (Lipinski definition) is 17. The van der Waals surface area contributed by atoms with E-state index in [-0.39, 0.29) is 49.9 Å². The van der Waals surface area contributed by atoms with E-state index >= 15 is 9.59 Å². The second kappa shape index (κ2) is 24.4. The van der Waals surface area contributed by atoms with Crippen molar-refractivity contribution in [3.63, 3.8) is 0 Å². The van der Waals surface area contributed by atoms with Gasteiger partial charge in [-0.1, -0.05) is 117 Å². The number of ketones is 2. The van der Waals surface area contributed by atoms with E-state index in [1.165, 1.54) is 40.0 Å². The smallest absolute Gasteiger partial charge is 0.350 e. The number of para-hydroxylation sites is 1. The zero-order chi connectivity index (χ0) is 56.8. The SMILES string of the molecule is COc1cccc(/C=C\C(C)=O)c1OC(=O)CCC(=O)O[C@@H](C(=O)O[C@H]1CC2[C@@H](OCc3ccccc3)[C@@H]3[C@]4(OC(C)=O)CO[C@@H]4C[C@H](O)[C@@]3(C)C(=O)[C@H](OC(C)=O)C(=C1C)C2(C)C)[C@@H](NCc1ccccc1)c1ccccc1. The van der Waals surface area contributed by atoms with Crippen molar-refractivity contribution in [2.24, 2.45) is 22.7 Å². The van der Waals surface area contributed by atoms with Crippen LogP contribution in [0.4, 0.5) is 0 Å². The first-order chi connectivity index (χ1) is 37.7. The molecule has 11 atom stereocenters. The highest BCUT2D eigenvalue weighted by Crippen LogP contribution is 2.63. The van der Waals surface area contributed by atoms with Crippen LogP contribution in [0.3, 0.4) is 0 Å². The lowest BCUT2D eigenvalue weighted by atomic mass is 9.46. The third kappa shape index (κ3) is 12.1. The van der Waals surface area contributed by atoms with Crippen molar-refractivity contribution in [2.45, 2.75) is 136 Å². The van der Waals surface area contributed by atoms with Crippen LogP contribution in [0.25, 0.3) is 6.08 Å². The van der Waals surface area contributed by atoms with Gasteiger partial charge in [0.05, 0.1) is 56.8 Å². The molecule has 3 fully saturated rings. The number of Topliss-reactive ketones (excluding diaryl/α,β-unsaturated/α-hetero) is 1. The summed E-state index contributed by atoms with van der Waals surface area (Å²) in [7, 11) is 1.39. The first-order valence-corrected chi connectivity index (χ1v) is 26.6. The highest BCUT2D eigenvalue weighted by molar-refractivity contribution is 5.95. The van der Waals surface area contributed by atoms with Crippen LogP contribution in [0.5, 0.6) is 11.5 Å². The fourth-order valence-corrected chi connectivity index (χ4v) is 12.2. The van der Waals surface area contributed by atoms with Crippen LogP contribution in [0.1, 0.15) is 102 Å². The van der Waals surface area contributed by atoms with Crippen LogP contribution in [-0.4, -0.2) is 102 Å². The fourth-order valence-electron chi connectivity index (χ4n) is 12.2. The van der Waals surface area contributed by atoms with Crippen LogP contribution < -0.4 is 14.8 Å². The number of methoxy groups -OCH3 is 1. The van der Waals surface area contributed by atoms with Crippen molar-refractivity contribution in [1.29, 1.82) is 0 Å². The van der Waals surface area contributed by atoms with E-state index in [4.69, 9.17) is 37.9 Å². The zero-order valence-corrected chi connectivity index (χ0v) is 45.8. The van der Waals surface area contributed by atoms with E-state index in [1.54, 1.807) is 62.4 Å². The van der Waals surface area contributed by atoms with E-state index in [9.17, 15) is 29.1 Å². The third-order valence-electron chi connectivity index (χ3n) is 16.1. The van der Waals surface area contributed by atoms with Crippen LogP contribution in [-0.2, 0) is 75.1 Å².